The molecule has 3 nitrogen and oxygen atoms in total. The highest BCUT2D eigenvalue weighted by Crippen LogP contribution is 2.38. The van der Waals surface area contributed by atoms with Crippen molar-refractivity contribution in [1.29, 1.82) is 0 Å². The van der Waals surface area contributed by atoms with Crippen LogP contribution < -0.4 is 5.32 Å². The summed E-state index contributed by atoms with van der Waals surface area (Å²) in [5, 5.41) is 2.93. The van der Waals surface area contributed by atoms with E-state index < -0.39 is 0 Å². The van der Waals surface area contributed by atoms with Gasteiger partial charge in [0.15, 0.2) is 5.76 Å². The lowest BCUT2D eigenvalue weighted by Gasteiger charge is -2.26. The Hall–Kier alpha value is -0.960. The minimum absolute atomic E-state index is 0.0961. The highest BCUT2D eigenvalue weighted by molar-refractivity contribution is 6.18. The first-order chi connectivity index (χ1) is 8.15. The van der Waals surface area contributed by atoms with Crippen molar-refractivity contribution in [3.8, 4) is 0 Å². The number of hydrogen-bond acceptors (Lipinski definition) is 2. The minimum atomic E-state index is -0.144. The number of amides is 1. The molecule has 1 aromatic heterocycles. The van der Waals surface area contributed by atoms with E-state index in [0.29, 0.717) is 18.2 Å². The first-order valence-electron chi connectivity index (χ1n) is 6.06. The van der Waals surface area contributed by atoms with Crippen LogP contribution in [0.1, 0.15) is 42.0 Å². The SMILES string of the molecule is Cc1ccc(C(=O)NCC2(CCl)CCCC2)o1. The number of alkyl halides is 1. The van der Waals surface area contributed by atoms with Gasteiger partial charge < -0.3 is 9.73 Å². The summed E-state index contributed by atoms with van der Waals surface area (Å²) in [5.74, 6) is 1.60. The van der Waals surface area contributed by atoms with Crippen LogP contribution in [-0.4, -0.2) is 18.3 Å². The van der Waals surface area contributed by atoms with E-state index in [1.165, 1.54) is 12.8 Å². The molecule has 0 atom stereocenters. The standard InChI is InChI=1S/C13H18ClNO2/c1-10-4-5-11(17-10)12(16)15-9-13(8-14)6-2-3-7-13/h4-5H,2-3,6-9H2,1H3,(H,15,16). The van der Waals surface area contributed by atoms with Crippen LogP contribution in [-0.2, 0) is 0 Å². The Kier molecular flexibility index (Phi) is 3.77. The molecule has 1 fully saturated rings. The van der Waals surface area contributed by atoms with Crippen molar-refractivity contribution >= 4 is 17.5 Å². The van der Waals surface area contributed by atoms with Crippen molar-refractivity contribution in [3.05, 3.63) is 23.7 Å². The summed E-state index contributed by atoms with van der Waals surface area (Å²) < 4.78 is 5.28. The summed E-state index contributed by atoms with van der Waals surface area (Å²) >= 11 is 6.02. The van der Waals surface area contributed by atoms with Gasteiger partial charge in [0.1, 0.15) is 5.76 Å². The van der Waals surface area contributed by atoms with Gasteiger partial charge in [0, 0.05) is 17.8 Å². The summed E-state index contributed by atoms with van der Waals surface area (Å²) in [6, 6.07) is 3.49. The van der Waals surface area contributed by atoms with Gasteiger partial charge in [0.05, 0.1) is 0 Å². The van der Waals surface area contributed by atoms with Crippen molar-refractivity contribution in [2.75, 3.05) is 12.4 Å². The van der Waals surface area contributed by atoms with Crippen LogP contribution in [0, 0.1) is 12.3 Å². The van der Waals surface area contributed by atoms with Crippen molar-refractivity contribution < 1.29 is 9.21 Å². The lowest BCUT2D eigenvalue weighted by Crippen LogP contribution is -2.37. The van der Waals surface area contributed by atoms with E-state index >= 15 is 0 Å². The second kappa shape index (κ2) is 5.13. The minimum Gasteiger partial charge on any atom is -0.456 e. The molecule has 4 heteroatoms. The number of halogens is 1. The molecule has 1 heterocycles. The Balaban J connectivity index is 1.91. The number of nitrogens with one attached hydrogen (secondary N) is 1. The first kappa shape index (κ1) is 12.5. The number of furan rings is 1. The fourth-order valence-corrected chi connectivity index (χ4v) is 2.76. The normalized spacial score (nSPS) is 18.2. The summed E-state index contributed by atoms with van der Waals surface area (Å²) in [5.41, 5.74) is 0.0961. The smallest absolute Gasteiger partial charge is 0.287 e. The Morgan fingerprint density at radius 1 is 1.47 bits per heavy atom. The fourth-order valence-electron chi connectivity index (χ4n) is 2.39. The molecule has 2 rings (SSSR count). The highest BCUT2D eigenvalue weighted by atomic mass is 35.5. The molecule has 1 saturated carbocycles. The molecule has 0 aromatic carbocycles. The quantitative estimate of drug-likeness (QED) is 0.840. The number of rotatable bonds is 4. The summed E-state index contributed by atoms with van der Waals surface area (Å²) in [7, 11) is 0. The Bertz CT molecular complexity index is 394. The molecule has 0 bridgehead atoms. The molecule has 1 aliphatic carbocycles. The molecule has 1 N–H and O–H groups in total. The van der Waals surface area contributed by atoms with Crippen LogP contribution in [0.5, 0.6) is 0 Å². The van der Waals surface area contributed by atoms with Gasteiger partial charge in [-0.25, -0.2) is 0 Å². The maximum atomic E-state index is 11.8. The molecule has 0 radical (unpaired) electrons. The second-order valence-corrected chi connectivity index (χ2v) is 5.20. The van der Waals surface area contributed by atoms with E-state index in [0.717, 1.165) is 18.6 Å². The Labute approximate surface area is 107 Å². The molecule has 0 saturated heterocycles. The third-order valence-electron chi connectivity index (χ3n) is 3.54. The molecular weight excluding hydrogens is 238 g/mol. The van der Waals surface area contributed by atoms with E-state index in [1.807, 2.05) is 6.92 Å². The van der Waals surface area contributed by atoms with E-state index in [-0.39, 0.29) is 11.3 Å². The van der Waals surface area contributed by atoms with Gasteiger partial charge in [-0.3, -0.25) is 4.79 Å². The number of carbonyl (C=O) groups excluding carboxylic acids is 1. The maximum absolute atomic E-state index is 11.8. The van der Waals surface area contributed by atoms with Gasteiger partial charge in [-0.2, -0.15) is 0 Å². The zero-order valence-corrected chi connectivity index (χ0v) is 10.8. The second-order valence-electron chi connectivity index (χ2n) is 4.93. The zero-order valence-electron chi connectivity index (χ0n) is 10.1. The van der Waals surface area contributed by atoms with Gasteiger partial charge in [0.2, 0.25) is 0 Å². The zero-order chi connectivity index (χ0) is 12.3. The summed E-state index contributed by atoms with van der Waals surface area (Å²) in [6.07, 6.45) is 4.63. The molecule has 0 aliphatic heterocycles. The van der Waals surface area contributed by atoms with E-state index in [4.69, 9.17) is 16.0 Å². The molecule has 0 spiro atoms. The highest BCUT2D eigenvalue weighted by Gasteiger charge is 2.33. The predicted octanol–water partition coefficient (Wildman–Crippen LogP) is 3.12. The number of hydrogen-bond donors (Lipinski definition) is 1. The molecular formula is C13H18ClNO2. The average molecular weight is 256 g/mol. The first-order valence-corrected chi connectivity index (χ1v) is 6.59. The van der Waals surface area contributed by atoms with Crippen LogP contribution in [0.25, 0.3) is 0 Å². The predicted molar refractivity (Wildman–Crippen MR) is 67.4 cm³/mol. The van der Waals surface area contributed by atoms with Gasteiger partial charge in [0.25, 0.3) is 5.91 Å². The van der Waals surface area contributed by atoms with E-state index in [9.17, 15) is 4.79 Å². The van der Waals surface area contributed by atoms with E-state index in [1.54, 1.807) is 12.1 Å². The van der Waals surface area contributed by atoms with Crippen LogP contribution in [0.2, 0.25) is 0 Å². The van der Waals surface area contributed by atoms with Crippen LogP contribution in [0.15, 0.2) is 16.5 Å². The molecule has 0 unspecified atom stereocenters. The maximum Gasteiger partial charge on any atom is 0.287 e. The topological polar surface area (TPSA) is 42.2 Å². The largest absolute Gasteiger partial charge is 0.456 e. The van der Waals surface area contributed by atoms with Crippen molar-refractivity contribution in [2.24, 2.45) is 5.41 Å². The molecule has 1 amide bonds. The fraction of sp³-hybridized carbons (Fsp3) is 0.615. The molecule has 1 aliphatic rings. The van der Waals surface area contributed by atoms with Gasteiger partial charge in [-0.15, -0.1) is 11.6 Å². The molecule has 1 aromatic rings. The van der Waals surface area contributed by atoms with Gasteiger partial charge >= 0.3 is 0 Å². The summed E-state index contributed by atoms with van der Waals surface area (Å²) in [6.45, 7) is 2.48. The number of aryl methyl sites for hydroxylation is 1. The molecule has 94 valence electrons. The summed E-state index contributed by atoms with van der Waals surface area (Å²) in [4.78, 5) is 11.8. The van der Waals surface area contributed by atoms with Gasteiger partial charge in [-0.05, 0) is 31.9 Å². The monoisotopic (exact) mass is 255 g/mol. The third kappa shape index (κ3) is 2.83. The van der Waals surface area contributed by atoms with Crippen LogP contribution >= 0.6 is 11.6 Å². The van der Waals surface area contributed by atoms with Gasteiger partial charge in [-0.1, -0.05) is 12.8 Å². The van der Waals surface area contributed by atoms with Crippen LogP contribution in [0.3, 0.4) is 0 Å². The van der Waals surface area contributed by atoms with E-state index in [2.05, 4.69) is 5.32 Å². The van der Waals surface area contributed by atoms with Crippen molar-refractivity contribution in [3.63, 3.8) is 0 Å². The lowest BCUT2D eigenvalue weighted by atomic mass is 9.88. The lowest BCUT2D eigenvalue weighted by molar-refractivity contribution is 0.0906. The number of carbonyl (C=O) groups is 1. The van der Waals surface area contributed by atoms with Crippen molar-refractivity contribution in [2.45, 2.75) is 32.6 Å². The Morgan fingerprint density at radius 2 is 2.18 bits per heavy atom. The Morgan fingerprint density at radius 3 is 2.71 bits per heavy atom. The third-order valence-corrected chi connectivity index (χ3v) is 4.10. The van der Waals surface area contributed by atoms with Crippen LogP contribution in [0.4, 0.5) is 0 Å². The molecule has 17 heavy (non-hydrogen) atoms. The average Bonchev–Trinajstić information content (AvgIpc) is 2.95. The van der Waals surface area contributed by atoms with Crippen molar-refractivity contribution in [1.82, 2.24) is 5.32 Å².